The molecule has 0 aromatic carbocycles. The number of carbonyl (C=O) groups excluding carboxylic acids is 3. The smallest absolute Gasteiger partial charge is 0.312 e. The minimum atomic E-state index is -0.454. The second-order valence-corrected chi connectivity index (χ2v) is 11.0. The van der Waals surface area contributed by atoms with Crippen molar-refractivity contribution in [3.05, 3.63) is 11.6 Å². The lowest BCUT2D eigenvalue weighted by Crippen LogP contribution is -2.62. The van der Waals surface area contributed by atoms with E-state index in [-0.39, 0.29) is 52.4 Å². The van der Waals surface area contributed by atoms with Crippen molar-refractivity contribution < 1.29 is 28.6 Å². The summed E-state index contributed by atoms with van der Waals surface area (Å²) in [6.07, 6.45) is 7.63. The number of fused-ring (bicyclic) bond motifs is 6. The zero-order chi connectivity index (χ0) is 22.2. The number of hydrogen-bond donors (Lipinski definition) is 0. The maximum Gasteiger partial charge on any atom is 0.312 e. The first kappa shape index (κ1) is 21.2. The van der Waals surface area contributed by atoms with Gasteiger partial charge >= 0.3 is 11.9 Å². The fraction of sp³-hybridized carbons (Fsp3) is 0.800. The number of methoxy groups -OCH3 is 2. The Bertz CT molecular complexity index is 862. The Labute approximate surface area is 184 Å². The average Bonchev–Trinajstić information content (AvgIpc) is 3.27. The average molecular weight is 431 g/mol. The number of rotatable bonds is 2. The number of allylic oxidation sites excluding steroid dienone is 1. The molecule has 31 heavy (non-hydrogen) atoms. The maximum absolute atomic E-state index is 13.1. The van der Waals surface area contributed by atoms with E-state index in [9.17, 15) is 14.4 Å². The summed E-state index contributed by atoms with van der Waals surface area (Å²) in [5.41, 5.74) is 0.239. The van der Waals surface area contributed by atoms with Crippen molar-refractivity contribution in [1.29, 1.82) is 0 Å². The Morgan fingerprint density at radius 1 is 1.13 bits per heavy atom. The molecule has 4 unspecified atom stereocenters. The van der Waals surface area contributed by atoms with Gasteiger partial charge in [0.15, 0.2) is 0 Å². The summed E-state index contributed by atoms with van der Waals surface area (Å²) in [5, 5.41) is 0. The zero-order valence-corrected chi connectivity index (χ0v) is 19.1. The van der Waals surface area contributed by atoms with Crippen molar-refractivity contribution in [2.45, 2.75) is 76.9 Å². The van der Waals surface area contributed by atoms with Crippen molar-refractivity contribution in [2.75, 3.05) is 14.2 Å². The molecule has 0 aromatic rings. The molecule has 0 bridgehead atoms. The molecule has 5 rings (SSSR count). The lowest BCUT2D eigenvalue weighted by atomic mass is 9.44. The quantitative estimate of drug-likeness (QED) is 0.492. The molecule has 0 N–H and O–H groups in total. The molecule has 8 atom stereocenters. The predicted octanol–water partition coefficient (Wildman–Crippen LogP) is 3.62. The lowest BCUT2D eigenvalue weighted by Gasteiger charge is -2.62. The SMILES string of the molecule is COC(=O)[C@@H]1C=C2CC(=O)CC[C@]2(C)C2C1C1CCC3(CCC(=O)O3)[C@@]1(C)C[C@H]2OC. The molecule has 0 amide bonds. The van der Waals surface area contributed by atoms with E-state index in [4.69, 9.17) is 14.2 Å². The van der Waals surface area contributed by atoms with Gasteiger partial charge in [-0.15, -0.1) is 0 Å². The van der Waals surface area contributed by atoms with Gasteiger partial charge in [0.25, 0.3) is 0 Å². The third kappa shape index (κ3) is 2.69. The van der Waals surface area contributed by atoms with Crippen LogP contribution in [0.4, 0.5) is 0 Å². The summed E-state index contributed by atoms with van der Waals surface area (Å²) in [7, 11) is 3.20. The molecule has 1 aliphatic heterocycles. The summed E-state index contributed by atoms with van der Waals surface area (Å²) in [6.45, 7) is 4.53. The topological polar surface area (TPSA) is 78.9 Å². The van der Waals surface area contributed by atoms with Crippen LogP contribution in [0.15, 0.2) is 11.6 Å². The molecule has 5 aliphatic rings. The molecular weight excluding hydrogens is 396 g/mol. The highest BCUT2D eigenvalue weighted by atomic mass is 16.6. The van der Waals surface area contributed by atoms with Crippen LogP contribution in [0.2, 0.25) is 0 Å². The van der Waals surface area contributed by atoms with Gasteiger partial charge in [-0.2, -0.15) is 0 Å². The van der Waals surface area contributed by atoms with Gasteiger partial charge in [0.2, 0.25) is 0 Å². The highest BCUT2D eigenvalue weighted by molar-refractivity contribution is 5.84. The second-order valence-electron chi connectivity index (χ2n) is 11.0. The summed E-state index contributed by atoms with van der Waals surface area (Å²) < 4.78 is 17.5. The van der Waals surface area contributed by atoms with E-state index >= 15 is 0 Å². The molecule has 4 aliphatic carbocycles. The van der Waals surface area contributed by atoms with Gasteiger partial charge in [-0.25, -0.2) is 0 Å². The first-order valence-corrected chi connectivity index (χ1v) is 11.7. The maximum atomic E-state index is 13.1. The number of Topliss-reactive ketones (excluding diaryl/α,β-unsaturated/α-hetero) is 1. The van der Waals surface area contributed by atoms with Crippen molar-refractivity contribution in [3.63, 3.8) is 0 Å². The van der Waals surface area contributed by atoms with Crippen molar-refractivity contribution in [1.82, 2.24) is 0 Å². The number of carbonyl (C=O) groups is 3. The van der Waals surface area contributed by atoms with Gasteiger partial charge in [0.05, 0.1) is 19.1 Å². The van der Waals surface area contributed by atoms with Gasteiger partial charge in [0, 0.05) is 31.8 Å². The van der Waals surface area contributed by atoms with E-state index in [0.29, 0.717) is 19.3 Å². The van der Waals surface area contributed by atoms with E-state index < -0.39 is 11.5 Å². The van der Waals surface area contributed by atoms with E-state index in [1.54, 1.807) is 7.11 Å². The van der Waals surface area contributed by atoms with Crippen molar-refractivity contribution in [3.8, 4) is 0 Å². The molecule has 4 fully saturated rings. The zero-order valence-electron chi connectivity index (χ0n) is 19.1. The van der Waals surface area contributed by atoms with Crippen LogP contribution >= 0.6 is 0 Å². The monoisotopic (exact) mass is 430 g/mol. The van der Waals surface area contributed by atoms with Crippen LogP contribution in [-0.2, 0) is 28.6 Å². The van der Waals surface area contributed by atoms with Gasteiger partial charge in [-0.05, 0) is 55.3 Å². The summed E-state index contributed by atoms with van der Waals surface area (Å²) in [6, 6.07) is 0. The molecule has 6 heteroatoms. The Balaban J connectivity index is 1.65. The first-order chi connectivity index (χ1) is 14.7. The molecule has 6 nitrogen and oxygen atoms in total. The number of esters is 2. The predicted molar refractivity (Wildman–Crippen MR) is 112 cm³/mol. The Hall–Kier alpha value is -1.69. The minimum absolute atomic E-state index is 0.0526. The molecule has 170 valence electrons. The third-order valence-corrected chi connectivity index (χ3v) is 10.0. The fourth-order valence-electron chi connectivity index (χ4n) is 8.45. The van der Waals surface area contributed by atoms with Gasteiger partial charge < -0.3 is 14.2 Å². The van der Waals surface area contributed by atoms with Crippen molar-refractivity contribution >= 4 is 17.7 Å². The summed E-state index contributed by atoms with van der Waals surface area (Å²) in [5.74, 6) is -0.0448. The second kappa shape index (κ2) is 6.90. The third-order valence-electron chi connectivity index (χ3n) is 10.0. The fourth-order valence-corrected chi connectivity index (χ4v) is 8.45. The molecular formula is C25H34O6. The molecule has 1 spiro atoms. The van der Waals surface area contributed by atoms with E-state index in [2.05, 4.69) is 19.9 Å². The number of ketones is 1. The van der Waals surface area contributed by atoms with Crippen LogP contribution in [-0.4, -0.2) is 43.6 Å². The van der Waals surface area contributed by atoms with E-state index in [1.165, 1.54) is 7.11 Å². The first-order valence-electron chi connectivity index (χ1n) is 11.7. The number of hydrogen-bond acceptors (Lipinski definition) is 6. The van der Waals surface area contributed by atoms with Crippen LogP contribution in [0.25, 0.3) is 0 Å². The highest BCUT2D eigenvalue weighted by Crippen LogP contribution is 2.70. The Morgan fingerprint density at radius 2 is 1.90 bits per heavy atom. The highest BCUT2D eigenvalue weighted by Gasteiger charge is 2.70. The largest absolute Gasteiger partial charge is 0.469 e. The van der Waals surface area contributed by atoms with Crippen LogP contribution in [0.5, 0.6) is 0 Å². The molecule has 0 radical (unpaired) electrons. The van der Waals surface area contributed by atoms with Crippen LogP contribution in [0, 0.1) is 34.5 Å². The van der Waals surface area contributed by atoms with Gasteiger partial charge in [-0.3, -0.25) is 14.4 Å². The lowest BCUT2D eigenvalue weighted by molar-refractivity contribution is -0.196. The minimum Gasteiger partial charge on any atom is -0.469 e. The molecule has 1 heterocycles. The Kier molecular flexibility index (Phi) is 4.71. The van der Waals surface area contributed by atoms with E-state index in [1.807, 2.05) is 0 Å². The van der Waals surface area contributed by atoms with E-state index in [0.717, 1.165) is 37.7 Å². The normalized spacial score (nSPS) is 48.5. The van der Waals surface area contributed by atoms with Crippen LogP contribution < -0.4 is 0 Å². The summed E-state index contributed by atoms with van der Waals surface area (Å²) >= 11 is 0. The summed E-state index contributed by atoms with van der Waals surface area (Å²) in [4.78, 5) is 37.5. The Morgan fingerprint density at radius 3 is 2.55 bits per heavy atom. The van der Waals surface area contributed by atoms with Gasteiger partial charge in [-0.1, -0.05) is 25.5 Å². The van der Waals surface area contributed by atoms with Gasteiger partial charge in [0.1, 0.15) is 11.4 Å². The van der Waals surface area contributed by atoms with Crippen LogP contribution in [0.1, 0.15) is 65.2 Å². The molecule has 3 saturated carbocycles. The van der Waals surface area contributed by atoms with Crippen molar-refractivity contribution in [2.24, 2.45) is 34.5 Å². The van der Waals surface area contributed by atoms with Crippen LogP contribution in [0.3, 0.4) is 0 Å². The molecule has 1 saturated heterocycles. The number of ether oxygens (including phenoxy) is 3. The molecule has 0 aromatic heterocycles. The standard InChI is InChI=1S/C25H34O6/c1-23-8-5-15(26)11-14(23)12-16(22(28)30-4)20-17-6-9-25(10-7-19(27)31-25)24(17,2)13-18(29-3)21(20)23/h12,16-18,20-21H,5-11,13H2,1-4H3/t16-,17?,18-,20?,21?,23+,24+,25?/m1/s1.